The van der Waals surface area contributed by atoms with Crippen LogP contribution in [0.1, 0.15) is 33.1 Å². The van der Waals surface area contributed by atoms with E-state index in [1.165, 1.54) is 0 Å². The van der Waals surface area contributed by atoms with E-state index in [0.29, 0.717) is 3.94 Å². The number of nitrogens with zero attached hydrogens (tertiary/aromatic N) is 1. The number of carbonyl (C=O) groups excluding carboxylic acids is 1. The molecule has 0 aliphatic heterocycles. The summed E-state index contributed by atoms with van der Waals surface area (Å²) in [5, 5.41) is 0. The van der Waals surface area contributed by atoms with Gasteiger partial charge in [0, 0.05) is 23.6 Å². The Balaban J connectivity index is 3.54. The Morgan fingerprint density at radius 3 is 2.58 bits per heavy atom. The van der Waals surface area contributed by atoms with Crippen molar-refractivity contribution in [3.05, 3.63) is 0 Å². The van der Waals surface area contributed by atoms with Crippen molar-refractivity contribution in [3.63, 3.8) is 0 Å². The number of unbranched alkanes of at least 4 members (excludes halogenated alkanes) is 1. The lowest BCUT2D eigenvalue weighted by atomic mass is 10.2. The molecule has 1 atom stereocenters. The highest BCUT2D eigenvalue weighted by Crippen LogP contribution is 2.09. The number of halogens is 2. The third kappa shape index (κ3) is 5.49. The van der Waals surface area contributed by atoms with Gasteiger partial charge in [0.15, 0.2) is 0 Å². The molecule has 0 N–H and O–H groups in total. The van der Waals surface area contributed by atoms with Gasteiger partial charge in [0.2, 0.25) is 0 Å². The van der Waals surface area contributed by atoms with E-state index in [1.807, 2.05) is 6.92 Å². The summed E-state index contributed by atoms with van der Waals surface area (Å²) in [7, 11) is 0. The molecule has 0 aromatic rings. The van der Waals surface area contributed by atoms with Gasteiger partial charge in [-0.3, -0.25) is 0 Å². The molecule has 0 fully saturated rings. The van der Waals surface area contributed by atoms with E-state index in [-0.39, 0.29) is 6.10 Å². The largest absolute Gasteiger partial charge is 0.445 e. The molecular formula is C7H13Cl2NO2. The molecule has 0 bridgehead atoms. The lowest BCUT2D eigenvalue weighted by Crippen LogP contribution is -2.19. The van der Waals surface area contributed by atoms with Gasteiger partial charge in [0.25, 0.3) is 0 Å². The molecule has 1 unspecified atom stereocenters. The number of amides is 1. The third-order valence-electron chi connectivity index (χ3n) is 1.40. The standard InChI is InChI=1S/C7H13Cl2NO2/c1-3-4-5-6(2)12-7(11)10(8)9/h6H,3-5H2,1-2H3. The third-order valence-corrected chi connectivity index (χ3v) is 1.68. The molecule has 0 heterocycles. The van der Waals surface area contributed by atoms with Crippen molar-refractivity contribution in [2.45, 2.75) is 39.2 Å². The zero-order chi connectivity index (χ0) is 9.56. The average Bonchev–Trinajstić information content (AvgIpc) is 2.00. The van der Waals surface area contributed by atoms with Crippen LogP contribution in [0, 0.1) is 0 Å². The van der Waals surface area contributed by atoms with Crippen molar-refractivity contribution in [2.75, 3.05) is 0 Å². The molecule has 0 saturated heterocycles. The summed E-state index contributed by atoms with van der Waals surface area (Å²) in [6, 6.07) is 0. The van der Waals surface area contributed by atoms with Crippen LogP contribution in [0.4, 0.5) is 4.79 Å². The Hall–Kier alpha value is -0.150. The summed E-state index contributed by atoms with van der Waals surface area (Å²) >= 11 is 10.3. The minimum Gasteiger partial charge on any atom is -0.445 e. The van der Waals surface area contributed by atoms with Crippen LogP contribution in [0.3, 0.4) is 0 Å². The van der Waals surface area contributed by atoms with E-state index in [4.69, 9.17) is 28.3 Å². The minimum absolute atomic E-state index is 0.127. The number of hydrogen-bond acceptors (Lipinski definition) is 2. The Kier molecular flexibility index (Phi) is 6.30. The summed E-state index contributed by atoms with van der Waals surface area (Å²) < 4.78 is 5.23. The van der Waals surface area contributed by atoms with E-state index in [9.17, 15) is 4.79 Å². The quantitative estimate of drug-likeness (QED) is 0.672. The van der Waals surface area contributed by atoms with Crippen LogP contribution >= 0.6 is 23.6 Å². The van der Waals surface area contributed by atoms with E-state index in [0.717, 1.165) is 19.3 Å². The molecule has 0 aliphatic carbocycles. The van der Waals surface area contributed by atoms with Gasteiger partial charge in [-0.25, -0.2) is 4.79 Å². The fourth-order valence-electron chi connectivity index (χ4n) is 0.762. The van der Waals surface area contributed by atoms with Crippen molar-refractivity contribution < 1.29 is 9.53 Å². The molecule has 12 heavy (non-hydrogen) atoms. The molecule has 0 radical (unpaired) electrons. The number of hydrogen-bond donors (Lipinski definition) is 0. The van der Waals surface area contributed by atoms with E-state index in [2.05, 4.69) is 6.92 Å². The van der Waals surface area contributed by atoms with Crippen molar-refractivity contribution >= 4 is 29.6 Å². The van der Waals surface area contributed by atoms with Crippen LogP contribution in [0.25, 0.3) is 0 Å². The van der Waals surface area contributed by atoms with Crippen LogP contribution < -0.4 is 0 Å². The first-order valence-electron chi connectivity index (χ1n) is 3.90. The first-order valence-corrected chi connectivity index (χ1v) is 4.57. The van der Waals surface area contributed by atoms with Crippen molar-refractivity contribution in [1.82, 2.24) is 3.94 Å². The topological polar surface area (TPSA) is 29.5 Å². The van der Waals surface area contributed by atoms with Crippen LogP contribution in [0.5, 0.6) is 0 Å². The molecule has 5 heteroatoms. The number of rotatable bonds is 4. The van der Waals surface area contributed by atoms with E-state index in [1.54, 1.807) is 0 Å². The van der Waals surface area contributed by atoms with Crippen LogP contribution in [0.15, 0.2) is 0 Å². The van der Waals surface area contributed by atoms with Crippen LogP contribution in [-0.4, -0.2) is 16.1 Å². The highest BCUT2D eigenvalue weighted by atomic mass is 35.5. The first kappa shape index (κ1) is 11.8. The normalized spacial score (nSPS) is 12.3. The van der Waals surface area contributed by atoms with Gasteiger partial charge in [-0.1, -0.05) is 19.8 Å². The fourth-order valence-corrected chi connectivity index (χ4v) is 0.842. The molecular weight excluding hydrogens is 201 g/mol. The van der Waals surface area contributed by atoms with Crippen molar-refractivity contribution in [1.29, 1.82) is 0 Å². The first-order chi connectivity index (χ1) is 5.57. The second kappa shape index (κ2) is 6.38. The Bertz CT molecular complexity index is 141. The van der Waals surface area contributed by atoms with Crippen molar-refractivity contribution in [3.8, 4) is 0 Å². The minimum atomic E-state index is -0.720. The molecule has 3 nitrogen and oxygen atoms in total. The predicted octanol–water partition coefficient (Wildman–Crippen LogP) is 3.31. The summed E-state index contributed by atoms with van der Waals surface area (Å²) in [6.07, 6.45) is 2.09. The monoisotopic (exact) mass is 213 g/mol. The average molecular weight is 214 g/mol. The molecule has 0 aromatic carbocycles. The fraction of sp³-hybridized carbons (Fsp3) is 0.857. The van der Waals surface area contributed by atoms with E-state index < -0.39 is 6.09 Å². The maximum absolute atomic E-state index is 10.8. The summed E-state index contributed by atoms with van der Waals surface area (Å²) in [5.74, 6) is 0. The van der Waals surface area contributed by atoms with Gasteiger partial charge < -0.3 is 4.74 Å². The molecule has 0 saturated carbocycles. The Morgan fingerprint density at radius 1 is 1.58 bits per heavy atom. The molecule has 0 rings (SSSR count). The van der Waals surface area contributed by atoms with E-state index >= 15 is 0 Å². The van der Waals surface area contributed by atoms with Gasteiger partial charge in [0.1, 0.15) is 6.10 Å². The lowest BCUT2D eigenvalue weighted by Gasteiger charge is -2.13. The van der Waals surface area contributed by atoms with Crippen LogP contribution in [-0.2, 0) is 4.74 Å². The highest BCUT2D eigenvalue weighted by Gasteiger charge is 2.13. The number of carbonyl (C=O) groups is 1. The Morgan fingerprint density at radius 2 is 2.17 bits per heavy atom. The summed E-state index contributed by atoms with van der Waals surface area (Å²) in [5.41, 5.74) is 0. The number of ether oxygens (including phenoxy) is 1. The smallest absolute Gasteiger partial charge is 0.440 e. The maximum atomic E-state index is 10.8. The molecule has 1 amide bonds. The van der Waals surface area contributed by atoms with Gasteiger partial charge >= 0.3 is 6.09 Å². The summed E-state index contributed by atoms with van der Waals surface area (Å²) in [6.45, 7) is 3.88. The molecule has 72 valence electrons. The zero-order valence-corrected chi connectivity index (χ0v) is 8.73. The molecule has 0 aliphatic rings. The lowest BCUT2D eigenvalue weighted by molar-refractivity contribution is 0.0954. The SMILES string of the molecule is CCCCC(C)OC(=O)N(Cl)Cl. The van der Waals surface area contributed by atoms with Gasteiger partial charge in [0.05, 0.1) is 0 Å². The molecule has 0 spiro atoms. The zero-order valence-electron chi connectivity index (χ0n) is 7.22. The predicted molar refractivity (Wildman–Crippen MR) is 49.0 cm³/mol. The van der Waals surface area contributed by atoms with Crippen LogP contribution in [0.2, 0.25) is 0 Å². The second-order valence-electron chi connectivity index (χ2n) is 2.57. The van der Waals surface area contributed by atoms with Crippen molar-refractivity contribution in [2.24, 2.45) is 0 Å². The van der Waals surface area contributed by atoms with Gasteiger partial charge in [-0.2, -0.15) is 0 Å². The molecule has 0 aromatic heterocycles. The Labute approximate surface area is 82.8 Å². The summed E-state index contributed by atoms with van der Waals surface area (Å²) in [4.78, 5) is 10.8. The second-order valence-corrected chi connectivity index (χ2v) is 3.42. The van der Waals surface area contributed by atoms with Gasteiger partial charge in [-0.05, 0) is 13.3 Å². The highest BCUT2D eigenvalue weighted by molar-refractivity contribution is 6.40. The maximum Gasteiger partial charge on any atom is 0.440 e. The van der Waals surface area contributed by atoms with Gasteiger partial charge in [-0.15, -0.1) is 3.94 Å².